The molecule has 0 spiro atoms. The van der Waals surface area contributed by atoms with E-state index in [0.29, 0.717) is 18.8 Å². The maximum atomic E-state index is 12.5. The van der Waals surface area contributed by atoms with Gasteiger partial charge in [0.05, 0.1) is 11.7 Å². The van der Waals surface area contributed by atoms with Crippen LogP contribution in [0.25, 0.3) is 5.52 Å². The Balaban J connectivity index is 1.97. The average molecular weight is 315 g/mol. The maximum absolute atomic E-state index is 12.5. The third kappa shape index (κ3) is 2.99. The molecule has 3 rings (SSSR count). The number of fused-ring (bicyclic) bond motifs is 1. The van der Waals surface area contributed by atoms with Crippen LogP contribution in [0, 0.1) is 0 Å². The number of amides is 1. The van der Waals surface area contributed by atoms with Crippen molar-refractivity contribution in [1.82, 2.24) is 19.5 Å². The first-order chi connectivity index (χ1) is 10.9. The fraction of sp³-hybridized carbons (Fsp3) is 0.438. The van der Waals surface area contributed by atoms with E-state index in [0.717, 1.165) is 11.2 Å². The molecule has 23 heavy (non-hydrogen) atoms. The quantitative estimate of drug-likeness (QED) is 0.817. The first-order valence-electron chi connectivity index (χ1n) is 7.59. The molecule has 0 saturated heterocycles. The van der Waals surface area contributed by atoms with Crippen LogP contribution in [-0.2, 0) is 4.74 Å². The predicted octanol–water partition coefficient (Wildman–Crippen LogP) is 2.55. The van der Waals surface area contributed by atoms with E-state index >= 15 is 0 Å². The van der Waals surface area contributed by atoms with Crippen molar-refractivity contribution in [2.24, 2.45) is 0 Å². The van der Waals surface area contributed by atoms with E-state index in [1.807, 2.05) is 39.0 Å². The zero-order chi connectivity index (χ0) is 16.6. The lowest BCUT2D eigenvalue weighted by Crippen LogP contribution is -2.41. The number of nitrogen functional groups attached to an aromatic ring is 1. The minimum atomic E-state index is -0.531. The van der Waals surface area contributed by atoms with Crippen molar-refractivity contribution in [3.05, 3.63) is 36.3 Å². The summed E-state index contributed by atoms with van der Waals surface area (Å²) in [4.78, 5) is 18.2. The Morgan fingerprint density at radius 3 is 2.87 bits per heavy atom. The summed E-state index contributed by atoms with van der Waals surface area (Å²) >= 11 is 0. The summed E-state index contributed by atoms with van der Waals surface area (Å²) in [7, 11) is 0. The van der Waals surface area contributed by atoms with E-state index in [1.165, 1.54) is 6.33 Å². The van der Waals surface area contributed by atoms with Crippen LogP contribution in [0.15, 0.2) is 30.6 Å². The molecule has 7 heteroatoms. The molecule has 0 fully saturated rings. The Morgan fingerprint density at radius 1 is 1.35 bits per heavy atom. The average Bonchev–Trinajstić information content (AvgIpc) is 2.91. The minimum Gasteiger partial charge on any atom is -0.444 e. The molecule has 1 aliphatic heterocycles. The molecule has 0 radical (unpaired) electrons. The lowest BCUT2D eigenvalue weighted by molar-refractivity contribution is 0.0170. The van der Waals surface area contributed by atoms with Crippen LogP contribution < -0.4 is 5.73 Å². The van der Waals surface area contributed by atoms with Gasteiger partial charge in [-0.1, -0.05) is 12.2 Å². The highest BCUT2D eigenvalue weighted by molar-refractivity contribution is 5.70. The van der Waals surface area contributed by atoms with Crippen LogP contribution in [0.1, 0.15) is 38.9 Å². The molecule has 3 heterocycles. The first-order valence-corrected chi connectivity index (χ1v) is 7.59. The number of carbonyl (C=O) groups is 1. The van der Waals surface area contributed by atoms with Gasteiger partial charge >= 0.3 is 6.09 Å². The number of ether oxygens (including phenoxy) is 1. The second-order valence-corrected chi connectivity index (χ2v) is 6.56. The van der Waals surface area contributed by atoms with Gasteiger partial charge in [-0.05, 0) is 39.3 Å². The summed E-state index contributed by atoms with van der Waals surface area (Å²) in [5, 5.41) is 4.27. The van der Waals surface area contributed by atoms with Crippen molar-refractivity contribution in [1.29, 1.82) is 0 Å². The second kappa shape index (κ2) is 5.57. The van der Waals surface area contributed by atoms with E-state index in [-0.39, 0.29) is 12.1 Å². The number of nitrogens with two attached hydrogens (primary N) is 1. The summed E-state index contributed by atoms with van der Waals surface area (Å²) in [6, 6.07) is 3.66. The molecule has 2 N–H and O–H groups in total. The van der Waals surface area contributed by atoms with Gasteiger partial charge in [-0.15, -0.1) is 0 Å². The van der Waals surface area contributed by atoms with Gasteiger partial charge in [0.1, 0.15) is 17.4 Å². The fourth-order valence-electron chi connectivity index (χ4n) is 2.70. The van der Waals surface area contributed by atoms with E-state index in [1.54, 1.807) is 9.42 Å². The topological polar surface area (TPSA) is 85.8 Å². The first kappa shape index (κ1) is 15.3. The van der Waals surface area contributed by atoms with Crippen molar-refractivity contribution in [3.8, 4) is 0 Å². The Labute approximate surface area is 134 Å². The van der Waals surface area contributed by atoms with Crippen molar-refractivity contribution in [3.63, 3.8) is 0 Å². The Kier molecular flexibility index (Phi) is 3.71. The van der Waals surface area contributed by atoms with Gasteiger partial charge in [-0.2, -0.15) is 5.10 Å². The third-order valence-corrected chi connectivity index (χ3v) is 3.68. The Bertz CT molecular complexity index is 759. The number of rotatable bonds is 1. The number of carbonyl (C=O) groups excluding carboxylic acids is 1. The zero-order valence-corrected chi connectivity index (χ0v) is 13.6. The van der Waals surface area contributed by atoms with Gasteiger partial charge in [0, 0.05) is 6.54 Å². The smallest absolute Gasteiger partial charge is 0.411 e. The van der Waals surface area contributed by atoms with Crippen LogP contribution in [0.3, 0.4) is 0 Å². The standard InChI is InChI=1S/C16H21N5O2/c1-16(2,3)23-15(22)20-9-5-4-6-11(20)12-7-8-13-14(17)18-10-19-21(12)13/h4-5,7-8,10-11H,6,9H2,1-3H3,(H2,17,18,19). The van der Waals surface area contributed by atoms with E-state index < -0.39 is 5.60 Å². The number of hydrogen-bond acceptors (Lipinski definition) is 5. The van der Waals surface area contributed by atoms with Gasteiger partial charge in [0.15, 0.2) is 5.82 Å². The van der Waals surface area contributed by atoms with Gasteiger partial charge < -0.3 is 10.5 Å². The second-order valence-electron chi connectivity index (χ2n) is 6.56. The molecule has 7 nitrogen and oxygen atoms in total. The van der Waals surface area contributed by atoms with E-state index in [2.05, 4.69) is 16.2 Å². The van der Waals surface area contributed by atoms with Crippen LogP contribution >= 0.6 is 0 Å². The number of aromatic nitrogens is 3. The normalized spacial score (nSPS) is 18.4. The van der Waals surface area contributed by atoms with Crippen LogP contribution in [-0.4, -0.2) is 37.7 Å². The van der Waals surface area contributed by atoms with Gasteiger partial charge in [0.25, 0.3) is 0 Å². The van der Waals surface area contributed by atoms with E-state index in [9.17, 15) is 4.79 Å². The molecule has 1 unspecified atom stereocenters. The van der Waals surface area contributed by atoms with Crippen molar-refractivity contribution < 1.29 is 9.53 Å². The number of anilines is 1. The Morgan fingerprint density at radius 2 is 2.13 bits per heavy atom. The summed E-state index contributed by atoms with van der Waals surface area (Å²) in [5.41, 5.74) is 6.98. The molecule has 0 aliphatic carbocycles. The summed E-state index contributed by atoms with van der Waals surface area (Å²) in [6.45, 7) is 6.09. The van der Waals surface area contributed by atoms with Gasteiger partial charge in [-0.3, -0.25) is 4.90 Å². The highest BCUT2D eigenvalue weighted by Gasteiger charge is 2.31. The summed E-state index contributed by atoms with van der Waals surface area (Å²) < 4.78 is 7.27. The number of hydrogen-bond donors (Lipinski definition) is 1. The van der Waals surface area contributed by atoms with Gasteiger partial charge in [0.2, 0.25) is 0 Å². The SMILES string of the molecule is CC(C)(C)OC(=O)N1CC=CCC1c1ccc2c(N)ncnn12. The fourth-order valence-corrected chi connectivity index (χ4v) is 2.70. The maximum Gasteiger partial charge on any atom is 0.411 e. The predicted molar refractivity (Wildman–Crippen MR) is 86.8 cm³/mol. The molecular weight excluding hydrogens is 294 g/mol. The molecule has 2 aromatic rings. The monoisotopic (exact) mass is 315 g/mol. The molecular formula is C16H21N5O2. The number of nitrogens with zero attached hydrogens (tertiary/aromatic N) is 4. The largest absolute Gasteiger partial charge is 0.444 e. The van der Waals surface area contributed by atoms with Crippen molar-refractivity contribution in [2.45, 2.75) is 38.8 Å². The highest BCUT2D eigenvalue weighted by atomic mass is 16.6. The summed E-state index contributed by atoms with van der Waals surface area (Å²) in [6.07, 6.45) is 5.83. The summed E-state index contributed by atoms with van der Waals surface area (Å²) in [5.74, 6) is 0.418. The lowest BCUT2D eigenvalue weighted by Gasteiger charge is -2.34. The third-order valence-electron chi connectivity index (χ3n) is 3.68. The van der Waals surface area contributed by atoms with Gasteiger partial charge in [-0.25, -0.2) is 14.3 Å². The molecule has 2 aromatic heterocycles. The molecule has 0 saturated carbocycles. The molecule has 0 bridgehead atoms. The minimum absolute atomic E-state index is 0.147. The van der Waals surface area contributed by atoms with E-state index in [4.69, 9.17) is 10.5 Å². The van der Waals surface area contributed by atoms with Crippen LogP contribution in [0.4, 0.5) is 10.6 Å². The van der Waals surface area contributed by atoms with Crippen molar-refractivity contribution in [2.75, 3.05) is 12.3 Å². The van der Waals surface area contributed by atoms with Crippen LogP contribution in [0.2, 0.25) is 0 Å². The molecule has 122 valence electrons. The molecule has 0 aromatic carbocycles. The molecule has 1 amide bonds. The Hall–Kier alpha value is -2.57. The van der Waals surface area contributed by atoms with Crippen molar-refractivity contribution >= 4 is 17.4 Å². The molecule has 1 atom stereocenters. The highest BCUT2D eigenvalue weighted by Crippen LogP contribution is 2.30. The lowest BCUT2D eigenvalue weighted by atomic mass is 10.1. The van der Waals surface area contributed by atoms with Crippen LogP contribution in [0.5, 0.6) is 0 Å². The zero-order valence-electron chi connectivity index (χ0n) is 13.6. The molecule has 1 aliphatic rings.